The van der Waals surface area contributed by atoms with Crippen molar-refractivity contribution < 1.29 is 24.5 Å². The summed E-state index contributed by atoms with van der Waals surface area (Å²) >= 11 is 0. The Bertz CT molecular complexity index is 827. The van der Waals surface area contributed by atoms with Crippen LogP contribution in [0.15, 0.2) is 42.5 Å². The Hall–Kier alpha value is -2.97. The molecule has 6 N–H and O–H groups in total. The summed E-state index contributed by atoms with van der Waals surface area (Å²) in [6.45, 7) is 3.64. The van der Waals surface area contributed by atoms with Crippen molar-refractivity contribution in [2.45, 2.75) is 26.0 Å². The van der Waals surface area contributed by atoms with Gasteiger partial charge in [0, 0.05) is 11.3 Å². The minimum Gasteiger partial charge on any atom is -0.487 e. The van der Waals surface area contributed by atoms with Crippen LogP contribution in [-0.4, -0.2) is 41.3 Å². The zero-order valence-corrected chi connectivity index (χ0v) is 17.0. The maximum absolute atomic E-state index is 11.8. The summed E-state index contributed by atoms with van der Waals surface area (Å²) in [6, 6.07) is 10.4. The highest BCUT2D eigenvalue weighted by Gasteiger charge is 2.22. The van der Waals surface area contributed by atoms with E-state index >= 15 is 0 Å². The van der Waals surface area contributed by atoms with E-state index in [1.807, 2.05) is 13.8 Å². The summed E-state index contributed by atoms with van der Waals surface area (Å²) in [5, 5.41) is 29.1. The SMILES string of the molecule is CC(C)Oc1ccc(C(Nc2ccc(C(=N)N)cc2)C(=O)O)cc1OCCO.Cl. The zero-order valence-electron chi connectivity index (χ0n) is 16.2. The van der Waals surface area contributed by atoms with Crippen molar-refractivity contribution >= 4 is 29.9 Å². The number of benzene rings is 2. The molecule has 0 amide bonds. The number of aliphatic hydroxyl groups is 1. The summed E-state index contributed by atoms with van der Waals surface area (Å²) in [4.78, 5) is 11.8. The van der Waals surface area contributed by atoms with Gasteiger partial charge in [0.2, 0.25) is 0 Å². The molecule has 0 fully saturated rings. The number of aliphatic hydroxyl groups excluding tert-OH is 1. The number of rotatable bonds is 10. The number of anilines is 1. The second kappa shape index (κ2) is 11.1. The van der Waals surface area contributed by atoms with E-state index in [0.717, 1.165) is 0 Å². The van der Waals surface area contributed by atoms with Gasteiger partial charge in [-0.05, 0) is 55.8 Å². The highest BCUT2D eigenvalue weighted by atomic mass is 35.5. The molecule has 0 spiro atoms. The second-order valence-corrected chi connectivity index (χ2v) is 6.35. The van der Waals surface area contributed by atoms with Crippen molar-refractivity contribution in [3.63, 3.8) is 0 Å². The third-order valence-electron chi connectivity index (χ3n) is 3.77. The van der Waals surface area contributed by atoms with E-state index in [1.165, 1.54) is 0 Å². The molecule has 0 radical (unpaired) electrons. The molecule has 0 aliphatic heterocycles. The third kappa shape index (κ3) is 6.85. The molecule has 9 heteroatoms. The standard InChI is InChI=1S/C20H25N3O5.ClH/c1-12(2)28-16-8-5-14(11-17(16)27-10-9-24)18(20(25)26)23-15-6-3-13(4-7-15)19(21)22;/h3-8,11-12,18,23-24H,9-10H2,1-2H3,(H3,21,22)(H,25,26);1H. The van der Waals surface area contributed by atoms with Crippen LogP contribution in [0.3, 0.4) is 0 Å². The van der Waals surface area contributed by atoms with Crippen molar-refractivity contribution in [2.75, 3.05) is 18.5 Å². The third-order valence-corrected chi connectivity index (χ3v) is 3.77. The number of carboxylic acids is 1. The van der Waals surface area contributed by atoms with Gasteiger partial charge in [-0.25, -0.2) is 4.79 Å². The minimum absolute atomic E-state index is 0. The molecule has 0 saturated carbocycles. The van der Waals surface area contributed by atoms with Crippen molar-refractivity contribution in [3.05, 3.63) is 53.6 Å². The predicted octanol–water partition coefficient (Wildman–Crippen LogP) is 2.79. The fourth-order valence-electron chi connectivity index (χ4n) is 2.52. The molecule has 2 aromatic rings. The molecule has 1 unspecified atom stereocenters. The normalized spacial score (nSPS) is 11.3. The van der Waals surface area contributed by atoms with Crippen LogP contribution >= 0.6 is 12.4 Å². The molecule has 8 nitrogen and oxygen atoms in total. The van der Waals surface area contributed by atoms with Gasteiger partial charge in [0.25, 0.3) is 0 Å². The molecule has 0 aliphatic carbocycles. The minimum atomic E-state index is -1.07. The quantitative estimate of drug-likeness (QED) is 0.292. The number of hydrogen-bond donors (Lipinski definition) is 5. The number of nitrogen functional groups attached to an aromatic ring is 1. The summed E-state index contributed by atoms with van der Waals surface area (Å²) < 4.78 is 11.2. The molecule has 29 heavy (non-hydrogen) atoms. The second-order valence-electron chi connectivity index (χ2n) is 6.35. The molecule has 0 saturated heterocycles. The van der Waals surface area contributed by atoms with Crippen LogP contribution < -0.4 is 20.5 Å². The maximum atomic E-state index is 11.8. The Balaban J connectivity index is 0.00000420. The van der Waals surface area contributed by atoms with Crippen molar-refractivity contribution in [2.24, 2.45) is 5.73 Å². The topological polar surface area (TPSA) is 138 Å². The number of ether oxygens (including phenoxy) is 2. The van der Waals surface area contributed by atoms with E-state index < -0.39 is 12.0 Å². The number of carbonyl (C=O) groups is 1. The lowest BCUT2D eigenvalue weighted by Gasteiger charge is -2.20. The molecule has 0 aliphatic rings. The molecule has 0 aromatic heterocycles. The van der Waals surface area contributed by atoms with Crippen LogP contribution in [0.2, 0.25) is 0 Å². The van der Waals surface area contributed by atoms with Gasteiger partial charge >= 0.3 is 5.97 Å². The lowest BCUT2D eigenvalue weighted by Crippen LogP contribution is -2.21. The monoisotopic (exact) mass is 423 g/mol. The van der Waals surface area contributed by atoms with Gasteiger partial charge in [-0.15, -0.1) is 12.4 Å². The summed E-state index contributed by atoms with van der Waals surface area (Å²) in [7, 11) is 0. The molecule has 0 bridgehead atoms. The van der Waals surface area contributed by atoms with Crippen molar-refractivity contribution in [3.8, 4) is 11.5 Å². The number of nitrogens with two attached hydrogens (primary N) is 1. The fourth-order valence-corrected chi connectivity index (χ4v) is 2.52. The fraction of sp³-hybridized carbons (Fsp3) is 0.300. The Morgan fingerprint density at radius 2 is 1.83 bits per heavy atom. The van der Waals surface area contributed by atoms with Crippen LogP contribution in [0.4, 0.5) is 5.69 Å². The number of aliphatic carboxylic acids is 1. The first-order valence-corrected chi connectivity index (χ1v) is 8.80. The molecule has 0 heterocycles. The molecule has 158 valence electrons. The number of carboxylic acid groups (broad SMARTS) is 1. The van der Waals surface area contributed by atoms with Crippen LogP contribution in [0, 0.1) is 5.41 Å². The first-order valence-electron chi connectivity index (χ1n) is 8.80. The summed E-state index contributed by atoms with van der Waals surface area (Å²) in [5.74, 6) is -0.295. The number of nitrogens with one attached hydrogen (secondary N) is 2. The van der Waals surface area contributed by atoms with Gasteiger partial charge in [-0.3, -0.25) is 5.41 Å². The number of hydrogen-bond acceptors (Lipinski definition) is 6. The van der Waals surface area contributed by atoms with E-state index in [0.29, 0.717) is 28.3 Å². The molecular weight excluding hydrogens is 398 g/mol. The molecule has 2 rings (SSSR count). The Morgan fingerprint density at radius 1 is 1.17 bits per heavy atom. The Kier molecular flexibility index (Phi) is 9.24. The van der Waals surface area contributed by atoms with Gasteiger partial charge in [0.05, 0.1) is 12.7 Å². The van der Waals surface area contributed by atoms with Gasteiger partial charge in [0.1, 0.15) is 12.4 Å². The van der Waals surface area contributed by atoms with Gasteiger partial charge in [0.15, 0.2) is 17.5 Å². The van der Waals surface area contributed by atoms with Gasteiger partial charge in [-0.1, -0.05) is 6.07 Å². The van der Waals surface area contributed by atoms with Crippen LogP contribution in [-0.2, 0) is 4.79 Å². The highest BCUT2D eigenvalue weighted by molar-refractivity contribution is 5.95. The van der Waals surface area contributed by atoms with Crippen LogP contribution in [0.25, 0.3) is 0 Å². The Labute approximate surface area is 175 Å². The molecule has 1 atom stereocenters. The molecular formula is C20H26ClN3O5. The van der Waals surface area contributed by atoms with Crippen LogP contribution in [0.1, 0.15) is 31.0 Å². The van der Waals surface area contributed by atoms with E-state index in [-0.39, 0.29) is 37.6 Å². The van der Waals surface area contributed by atoms with Gasteiger partial charge in [-0.2, -0.15) is 0 Å². The summed E-state index contributed by atoms with van der Waals surface area (Å²) in [6.07, 6.45) is -0.0875. The number of amidine groups is 1. The van der Waals surface area contributed by atoms with E-state index in [9.17, 15) is 9.90 Å². The first-order chi connectivity index (χ1) is 13.3. The van der Waals surface area contributed by atoms with E-state index in [1.54, 1.807) is 42.5 Å². The first kappa shape index (κ1) is 24.1. The molecule has 2 aromatic carbocycles. The van der Waals surface area contributed by atoms with Crippen molar-refractivity contribution in [1.82, 2.24) is 0 Å². The maximum Gasteiger partial charge on any atom is 0.330 e. The lowest BCUT2D eigenvalue weighted by atomic mass is 10.1. The van der Waals surface area contributed by atoms with E-state index in [2.05, 4.69) is 5.32 Å². The predicted molar refractivity (Wildman–Crippen MR) is 113 cm³/mol. The largest absolute Gasteiger partial charge is 0.487 e. The van der Waals surface area contributed by atoms with Gasteiger partial charge < -0.3 is 30.7 Å². The smallest absolute Gasteiger partial charge is 0.330 e. The average Bonchev–Trinajstić information content (AvgIpc) is 2.65. The number of halogens is 1. The lowest BCUT2D eigenvalue weighted by molar-refractivity contribution is -0.138. The average molecular weight is 424 g/mol. The van der Waals surface area contributed by atoms with Crippen molar-refractivity contribution in [1.29, 1.82) is 5.41 Å². The Morgan fingerprint density at radius 3 is 2.34 bits per heavy atom. The van der Waals surface area contributed by atoms with E-state index in [4.69, 9.17) is 25.7 Å². The highest BCUT2D eigenvalue weighted by Crippen LogP contribution is 2.32. The zero-order chi connectivity index (χ0) is 20.7. The van der Waals surface area contributed by atoms with Crippen LogP contribution in [0.5, 0.6) is 11.5 Å². The summed E-state index contributed by atoms with van der Waals surface area (Å²) in [5.41, 5.74) is 7.02.